The smallest absolute Gasteiger partial charge is 0.254 e. The van der Waals surface area contributed by atoms with E-state index in [1.54, 1.807) is 4.90 Å². The number of carbonyl (C=O) groups is 2. The van der Waals surface area contributed by atoms with E-state index in [0.717, 1.165) is 17.7 Å². The first-order valence-corrected chi connectivity index (χ1v) is 9.92. The maximum atomic E-state index is 13.3. The summed E-state index contributed by atoms with van der Waals surface area (Å²) in [6.07, 6.45) is 0.772. The lowest BCUT2D eigenvalue weighted by Crippen LogP contribution is -2.38. The lowest BCUT2D eigenvalue weighted by Gasteiger charge is -2.31. The highest BCUT2D eigenvalue weighted by molar-refractivity contribution is 5.94. The topological polar surface area (TPSA) is 61.9 Å². The van der Waals surface area contributed by atoms with E-state index in [1.807, 2.05) is 51.0 Å². The fraction of sp³-hybridized carbons (Fsp3) is 0.391. The second kappa shape index (κ2) is 10.7. The minimum absolute atomic E-state index is 0.0238. The molecule has 162 valence electrons. The Bertz CT molecular complexity index is 868. The Morgan fingerprint density at radius 3 is 2.37 bits per heavy atom. The number of anilines is 2. The van der Waals surface area contributed by atoms with E-state index in [4.69, 9.17) is 4.74 Å². The molecule has 0 aliphatic rings. The van der Waals surface area contributed by atoms with E-state index < -0.39 is 0 Å². The van der Waals surface area contributed by atoms with E-state index in [2.05, 4.69) is 5.32 Å². The number of benzene rings is 2. The van der Waals surface area contributed by atoms with Crippen molar-refractivity contribution in [1.82, 2.24) is 4.90 Å². The summed E-state index contributed by atoms with van der Waals surface area (Å²) in [7, 11) is 5.32. The van der Waals surface area contributed by atoms with Gasteiger partial charge in [0.15, 0.2) is 0 Å². The molecule has 0 unspecified atom stereocenters. The molecular formula is C23H30FN3O3. The first-order chi connectivity index (χ1) is 14.3. The largest absolute Gasteiger partial charge is 0.377 e. The van der Waals surface area contributed by atoms with E-state index in [-0.39, 0.29) is 30.3 Å². The molecule has 0 aliphatic carbocycles. The van der Waals surface area contributed by atoms with Crippen LogP contribution in [0.5, 0.6) is 0 Å². The molecule has 1 N–H and O–H groups in total. The van der Waals surface area contributed by atoms with Gasteiger partial charge in [0.1, 0.15) is 12.4 Å². The van der Waals surface area contributed by atoms with Gasteiger partial charge in [-0.1, -0.05) is 6.92 Å². The van der Waals surface area contributed by atoms with Gasteiger partial charge in [-0.2, -0.15) is 0 Å². The van der Waals surface area contributed by atoms with Crippen molar-refractivity contribution < 1.29 is 18.7 Å². The Morgan fingerprint density at radius 2 is 1.80 bits per heavy atom. The normalized spacial score (nSPS) is 11.7. The quantitative estimate of drug-likeness (QED) is 0.674. The third kappa shape index (κ3) is 6.03. The van der Waals surface area contributed by atoms with Crippen LogP contribution in [0.25, 0.3) is 0 Å². The summed E-state index contributed by atoms with van der Waals surface area (Å²) in [5.41, 5.74) is 2.91. The number of ether oxygens (including phenoxy) is 1. The van der Waals surface area contributed by atoms with E-state index >= 15 is 0 Å². The Morgan fingerprint density at radius 1 is 1.13 bits per heavy atom. The van der Waals surface area contributed by atoms with Gasteiger partial charge < -0.3 is 19.9 Å². The van der Waals surface area contributed by atoms with Crippen molar-refractivity contribution in [3.8, 4) is 0 Å². The number of rotatable bonds is 9. The van der Waals surface area contributed by atoms with Gasteiger partial charge in [0.05, 0.1) is 0 Å². The number of hydrogen-bond donors (Lipinski definition) is 1. The molecule has 0 aromatic heterocycles. The van der Waals surface area contributed by atoms with Gasteiger partial charge in [-0.25, -0.2) is 4.39 Å². The molecule has 0 spiro atoms. The third-order valence-corrected chi connectivity index (χ3v) is 4.94. The number of methoxy groups -OCH3 is 1. The summed E-state index contributed by atoms with van der Waals surface area (Å²) in [4.78, 5) is 28.8. The molecule has 6 nitrogen and oxygen atoms in total. The monoisotopic (exact) mass is 415 g/mol. The summed E-state index contributed by atoms with van der Waals surface area (Å²) >= 11 is 0. The Kier molecular flexibility index (Phi) is 8.35. The number of carbonyl (C=O) groups excluding carboxylic acids is 2. The molecule has 2 rings (SSSR count). The molecule has 0 fully saturated rings. The third-order valence-electron chi connectivity index (χ3n) is 4.94. The molecule has 1 atom stereocenters. The minimum atomic E-state index is -0.379. The van der Waals surface area contributed by atoms with Gasteiger partial charge in [0.25, 0.3) is 5.91 Å². The minimum Gasteiger partial charge on any atom is -0.377 e. The van der Waals surface area contributed by atoms with Crippen LogP contribution in [-0.4, -0.2) is 50.6 Å². The summed E-state index contributed by atoms with van der Waals surface area (Å²) in [5.74, 6) is -0.791. The first-order valence-electron chi connectivity index (χ1n) is 9.92. The Hall–Kier alpha value is -2.93. The van der Waals surface area contributed by atoms with Crippen LogP contribution in [0.2, 0.25) is 0 Å². The summed E-state index contributed by atoms with van der Waals surface area (Å²) in [6.45, 7) is 4.32. The Balaban J connectivity index is 2.38. The molecule has 2 amide bonds. The van der Waals surface area contributed by atoms with Crippen molar-refractivity contribution in [3.05, 3.63) is 59.4 Å². The fourth-order valence-corrected chi connectivity index (χ4v) is 3.14. The highest BCUT2D eigenvalue weighted by atomic mass is 19.1. The molecule has 7 heteroatoms. The van der Waals surface area contributed by atoms with E-state index in [9.17, 15) is 14.0 Å². The number of hydrogen-bond acceptors (Lipinski definition) is 4. The van der Waals surface area contributed by atoms with Crippen LogP contribution in [0.1, 0.15) is 36.2 Å². The molecule has 30 heavy (non-hydrogen) atoms. The van der Waals surface area contributed by atoms with Gasteiger partial charge in [0, 0.05) is 50.7 Å². The highest BCUT2D eigenvalue weighted by Crippen LogP contribution is 2.26. The van der Waals surface area contributed by atoms with Gasteiger partial charge in [-0.15, -0.1) is 0 Å². The fourth-order valence-electron chi connectivity index (χ4n) is 3.14. The molecule has 0 saturated carbocycles. The highest BCUT2D eigenvalue weighted by Gasteiger charge is 2.22. The summed E-state index contributed by atoms with van der Waals surface area (Å²) < 4.78 is 18.2. The van der Waals surface area contributed by atoms with Crippen LogP contribution in [-0.2, 0) is 16.1 Å². The van der Waals surface area contributed by atoms with Crippen LogP contribution in [0.4, 0.5) is 15.8 Å². The lowest BCUT2D eigenvalue weighted by atomic mass is 10.1. The maximum Gasteiger partial charge on any atom is 0.254 e. The zero-order valence-corrected chi connectivity index (χ0v) is 18.2. The second-order valence-corrected chi connectivity index (χ2v) is 7.42. The van der Waals surface area contributed by atoms with E-state index in [1.165, 1.54) is 31.4 Å². The number of nitrogens with one attached hydrogen (secondary N) is 1. The van der Waals surface area contributed by atoms with Gasteiger partial charge in [-0.05, 0) is 61.4 Å². The van der Waals surface area contributed by atoms with Crippen LogP contribution < -0.4 is 10.2 Å². The first kappa shape index (κ1) is 23.3. The van der Waals surface area contributed by atoms with Crippen LogP contribution in [0, 0.1) is 5.82 Å². The predicted octanol–water partition coefficient (Wildman–Crippen LogP) is 3.92. The standard InChI is InChI=1S/C23H30FN3O3/c1-6-16(2)27(23(29)17-7-9-19(24)10-8-17)14-18-13-20(25-22(28)15-30-5)11-12-21(18)26(3)4/h7-13,16H,6,14-15H2,1-5H3,(H,25,28)/t16-/m1/s1. The van der Waals surface area contributed by atoms with Crippen LogP contribution in [0.3, 0.4) is 0 Å². The molecule has 0 saturated heterocycles. The average Bonchev–Trinajstić information content (AvgIpc) is 2.71. The molecular weight excluding hydrogens is 385 g/mol. The SMILES string of the molecule is CC[C@@H](C)N(Cc1cc(NC(=O)COC)ccc1N(C)C)C(=O)c1ccc(F)cc1. The van der Waals surface area contributed by atoms with Crippen molar-refractivity contribution in [2.75, 3.05) is 38.0 Å². The number of nitrogens with zero attached hydrogens (tertiary/aromatic N) is 2. The van der Waals surface area contributed by atoms with Gasteiger partial charge in [-0.3, -0.25) is 9.59 Å². The van der Waals surface area contributed by atoms with E-state index in [0.29, 0.717) is 17.8 Å². The molecule has 0 bridgehead atoms. The number of amides is 2. The molecule has 0 aliphatic heterocycles. The zero-order chi connectivity index (χ0) is 22.3. The van der Waals surface area contributed by atoms with Crippen LogP contribution >= 0.6 is 0 Å². The summed E-state index contributed by atoms with van der Waals surface area (Å²) in [6, 6.07) is 11.2. The number of halogens is 1. The molecule has 2 aromatic rings. The second-order valence-electron chi connectivity index (χ2n) is 7.42. The maximum absolute atomic E-state index is 13.3. The molecule has 0 radical (unpaired) electrons. The Labute approximate surface area is 177 Å². The van der Waals surface area contributed by atoms with Gasteiger partial charge in [0.2, 0.25) is 5.91 Å². The molecule has 2 aromatic carbocycles. The van der Waals surface area contributed by atoms with Crippen LogP contribution in [0.15, 0.2) is 42.5 Å². The van der Waals surface area contributed by atoms with Crippen molar-refractivity contribution in [1.29, 1.82) is 0 Å². The molecule has 0 heterocycles. The summed E-state index contributed by atoms with van der Waals surface area (Å²) in [5, 5.41) is 2.81. The lowest BCUT2D eigenvalue weighted by molar-refractivity contribution is -0.119. The van der Waals surface area contributed by atoms with Crippen molar-refractivity contribution in [3.63, 3.8) is 0 Å². The van der Waals surface area contributed by atoms with Crippen molar-refractivity contribution >= 4 is 23.2 Å². The van der Waals surface area contributed by atoms with Crippen molar-refractivity contribution in [2.24, 2.45) is 0 Å². The van der Waals surface area contributed by atoms with Gasteiger partial charge >= 0.3 is 0 Å². The zero-order valence-electron chi connectivity index (χ0n) is 18.2. The predicted molar refractivity (Wildman–Crippen MR) is 117 cm³/mol. The average molecular weight is 416 g/mol. The van der Waals surface area contributed by atoms with Crippen molar-refractivity contribution in [2.45, 2.75) is 32.9 Å².